The van der Waals surface area contributed by atoms with E-state index in [1.54, 1.807) is 0 Å². The van der Waals surface area contributed by atoms with Gasteiger partial charge in [0, 0.05) is 0 Å². The van der Waals surface area contributed by atoms with Crippen molar-refractivity contribution in [2.75, 3.05) is 0 Å². The minimum atomic E-state index is -0.0572. The second-order valence-corrected chi connectivity index (χ2v) is 7.39. The van der Waals surface area contributed by atoms with Crippen molar-refractivity contribution in [3.8, 4) is 0 Å². The number of ether oxygens (including phenoxy) is 2. The van der Waals surface area contributed by atoms with E-state index in [1.165, 1.54) is 31.2 Å². The molecular formula is C18H24O2. The Morgan fingerprint density at radius 1 is 1.15 bits per heavy atom. The standard InChI is InChI=1S/C18H24O2/c1-17-11-16(19-12-13-6-4-3-5-7-13)18(2)10-14(17)8-9-15(17)20-18/h3-7,14-16H,8-12H2,1-2H3/t14?,15-,16+,17+,18-/m1/s1. The molecule has 0 N–H and O–H groups in total. The largest absolute Gasteiger partial charge is 0.371 e. The van der Waals surface area contributed by atoms with Crippen molar-refractivity contribution in [1.29, 1.82) is 0 Å². The van der Waals surface area contributed by atoms with Crippen LogP contribution in [0.4, 0.5) is 0 Å². The molecule has 1 aromatic carbocycles. The van der Waals surface area contributed by atoms with Crippen molar-refractivity contribution >= 4 is 0 Å². The molecule has 0 spiro atoms. The molecule has 20 heavy (non-hydrogen) atoms. The van der Waals surface area contributed by atoms with Gasteiger partial charge in [-0.2, -0.15) is 0 Å². The van der Waals surface area contributed by atoms with Gasteiger partial charge in [0.2, 0.25) is 0 Å². The maximum Gasteiger partial charge on any atom is 0.0922 e. The Hall–Kier alpha value is -0.860. The molecule has 2 heteroatoms. The minimum Gasteiger partial charge on any atom is -0.371 e. The van der Waals surface area contributed by atoms with Gasteiger partial charge < -0.3 is 9.47 Å². The Labute approximate surface area is 121 Å². The molecule has 5 rings (SSSR count). The lowest BCUT2D eigenvalue weighted by Gasteiger charge is -2.58. The van der Waals surface area contributed by atoms with Gasteiger partial charge in [-0.3, -0.25) is 0 Å². The quantitative estimate of drug-likeness (QED) is 0.829. The molecule has 1 aromatic rings. The first kappa shape index (κ1) is 12.8. The Morgan fingerprint density at radius 2 is 1.95 bits per heavy atom. The van der Waals surface area contributed by atoms with Crippen LogP contribution in [0.5, 0.6) is 0 Å². The topological polar surface area (TPSA) is 18.5 Å². The Balaban J connectivity index is 1.50. The second kappa shape index (κ2) is 4.32. The number of hydrogen-bond donors (Lipinski definition) is 0. The third-order valence-electron chi connectivity index (χ3n) is 6.11. The molecule has 1 unspecified atom stereocenters. The van der Waals surface area contributed by atoms with E-state index in [-0.39, 0.29) is 11.7 Å². The third-order valence-corrected chi connectivity index (χ3v) is 6.11. The van der Waals surface area contributed by atoms with Gasteiger partial charge in [-0.1, -0.05) is 37.3 Å². The highest BCUT2D eigenvalue weighted by Gasteiger charge is 2.63. The molecule has 2 aliphatic carbocycles. The molecule has 2 nitrogen and oxygen atoms in total. The molecule has 108 valence electrons. The average Bonchev–Trinajstić information content (AvgIpc) is 2.64. The van der Waals surface area contributed by atoms with Gasteiger partial charge in [0.1, 0.15) is 0 Å². The van der Waals surface area contributed by atoms with E-state index in [4.69, 9.17) is 9.47 Å². The van der Waals surface area contributed by atoms with Crippen LogP contribution in [0.1, 0.15) is 45.1 Å². The molecular weight excluding hydrogens is 248 g/mol. The minimum absolute atomic E-state index is 0.0572. The van der Waals surface area contributed by atoms with Crippen LogP contribution in [0.3, 0.4) is 0 Å². The third kappa shape index (κ3) is 1.78. The first-order valence-electron chi connectivity index (χ1n) is 7.93. The zero-order valence-corrected chi connectivity index (χ0v) is 12.5. The van der Waals surface area contributed by atoms with Crippen LogP contribution in [0, 0.1) is 11.3 Å². The Kier molecular flexibility index (Phi) is 2.77. The molecule has 4 bridgehead atoms. The van der Waals surface area contributed by atoms with Gasteiger partial charge in [-0.15, -0.1) is 0 Å². The predicted octanol–water partition coefficient (Wildman–Crippen LogP) is 3.94. The van der Waals surface area contributed by atoms with Crippen LogP contribution in [0.15, 0.2) is 30.3 Å². The van der Waals surface area contributed by atoms with Gasteiger partial charge in [0.15, 0.2) is 0 Å². The number of benzene rings is 1. The Bertz CT molecular complexity index is 481. The van der Waals surface area contributed by atoms with E-state index in [0.717, 1.165) is 5.92 Å². The molecule has 4 aliphatic rings. The van der Waals surface area contributed by atoms with E-state index in [0.29, 0.717) is 18.1 Å². The fourth-order valence-corrected chi connectivity index (χ4v) is 4.79. The first-order chi connectivity index (χ1) is 9.60. The summed E-state index contributed by atoms with van der Waals surface area (Å²) in [5, 5.41) is 0. The van der Waals surface area contributed by atoms with Crippen LogP contribution < -0.4 is 0 Å². The number of rotatable bonds is 3. The molecule has 0 amide bonds. The average molecular weight is 272 g/mol. The first-order valence-corrected chi connectivity index (χ1v) is 7.93. The van der Waals surface area contributed by atoms with Gasteiger partial charge in [-0.05, 0) is 49.5 Å². The lowest BCUT2D eigenvalue weighted by Crippen LogP contribution is -2.63. The summed E-state index contributed by atoms with van der Waals surface area (Å²) < 4.78 is 12.7. The number of fused-ring (bicyclic) bond motifs is 1. The van der Waals surface area contributed by atoms with Crippen LogP contribution >= 0.6 is 0 Å². The highest BCUT2D eigenvalue weighted by Crippen LogP contribution is 2.62. The van der Waals surface area contributed by atoms with Gasteiger partial charge >= 0.3 is 0 Å². The molecule has 2 aliphatic heterocycles. The lowest BCUT2D eigenvalue weighted by atomic mass is 9.60. The van der Waals surface area contributed by atoms with E-state index in [9.17, 15) is 0 Å². The molecule has 2 saturated carbocycles. The van der Waals surface area contributed by atoms with Crippen LogP contribution in [0.25, 0.3) is 0 Å². The molecule has 5 atom stereocenters. The maximum atomic E-state index is 6.44. The zero-order valence-electron chi connectivity index (χ0n) is 12.5. The van der Waals surface area contributed by atoms with E-state index in [1.807, 2.05) is 0 Å². The highest BCUT2D eigenvalue weighted by molar-refractivity contribution is 5.15. The van der Waals surface area contributed by atoms with Gasteiger partial charge in [-0.25, -0.2) is 0 Å². The van der Waals surface area contributed by atoms with Crippen molar-refractivity contribution in [2.45, 2.75) is 63.9 Å². The summed E-state index contributed by atoms with van der Waals surface area (Å²) in [6, 6.07) is 10.5. The second-order valence-electron chi connectivity index (χ2n) is 7.39. The highest BCUT2D eigenvalue weighted by atomic mass is 16.6. The van der Waals surface area contributed by atoms with Crippen LogP contribution in [-0.2, 0) is 16.1 Å². The summed E-state index contributed by atoms with van der Waals surface area (Å²) in [6.07, 6.45) is 5.68. The predicted molar refractivity (Wildman–Crippen MR) is 78.4 cm³/mol. The number of hydrogen-bond acceptors (Lipinski definition) is 2. The van der Waals surface area contributed by atoms with Crippen LogP contribution in [-0.4, -0.2) is 17.8 Å². The SMILES string of the molecule is C[C@]12CC3CC[C@@H](O1)[C@@]3(C)C[C@@H]2OCc1ccccc1. The monoisotopic (exact) mass is 272 g/mol. The molecule has 0 aromatic heterocycles. The fraction of sp³-hybridized carbons (Fsp3) is 0.667. The summed E-state index contributed by atoms with van der Waals surface area (Å²) in [7, 11) is 0. The van der Waals surface area contributed by atoms with E-state index in [2.05, 4.69) is 44.2 Å². The zero-order chi connectivity index (χ0) is 13.8. The van der Waals surface area contributed by atoms with Gasteiger partial charge in [0.05, 0.1) is 24.4 Å². The summed E-state index contributed by atoms with van der Waals surface area (Å²) in [5.41, 5.74) is 1.56. The summed E-state index contributed by atoms with van der Waals surface area (Å²) in [4.78, 5) is 0. The molecule has 2 saturated heterocycles. The van der Waals surface area contributed by atoms with Crippen molar-refractivity contribution in [2.24, 2.45) is 11.3 Å². The Morgan fingerprint density at radius 3 is 2.70 bits per heavy atom. The van der Waals surface area contributed by atoms with Crippen LogP contribution in [0.2, 0.25) is 0 Å². The normalized spacial score (nSPS) is 45.8. The molecule has 0 radical (unpaired) electrons. The van der Waals surface area contributed by atoms with Crippen molar-refractivity contribution in [3.05, 3.63) is 35.9 Å². The summed E-state index contributed by atoms with van der Waals surface area (Å²) in [6.45, 7) is 5.40. The lowest BCUT2D eigenvalue weighted by molar-refractivity contribution is -0.280. The molecule has 4 fully saturated rings. The maximum absolute atomic E-state index is 6.44. The summed E-state index contributed by atoms with van der Waals surface area (Å²) >= 11 is 0. The van der Waals surface area contributed by atoms with E-state index >= 15 is 0 Å². The van der Waals surface area contributed by atoms with Crippen molar-refractivity contribution in [1.82, 2.24) is 0 Å². The van der Waals surface area contributed by atoms with Gasteiger partial charge in [0.25, 0.3) is 0 Å². The van der Waals surface area contributed by atoms with Crippen molar-refractivity contribution in [3.63, 3.8) is 0 Å². The smallest absolute Gasteiger partial charge is 0.0922 e. The summed E-state index contributed by atoms with van der Waals surface area (Å²) in [5.74, 6) is 0.850. The van der Waals surface area contributed by atoms with E-state index < -0.39 is 0 Å². The fourth-order valence-electron chi connectivity index (χ4n) is 4.79. The molecule has 2 heterocycles. The van der Waals surface area contributed by atoms with Crippen molar-refractivity contribution < 1.29 is 9.47 Å².